The number of rotatable bonds is 7. The fourth-order valence-corrected chi connectivity index (χ4v) is 1.50. The lowest BCUT2D eigenvalue weighted by molar-refractivity contribution is -0.137. The molecule has 0 unspecified atom stereocenters. The number of nitriles is 1. The van der Waals surface area contributed by atoms with Crippen molar-refractivity contribution in [3.8, 4) is 6.07 Å². The summed E-state index contributed by atoms with van der Waals surface area (Å²) < 4.78 is 0. The van der Waals surface area contributed by atoms with Crippen LogP contribution in [0.25, 0.3) is 0 Å². The number of hydrogen-bond acceptors (Lipinski definition) is 5. The maximum atomic E-state index is 11.7. The number of amides is 1. The quantitative estimate of drug-likeness (QED) is 0.304. The van der Waals surface area contributed by atoms with Gasteiger partial charge in [-0.05, 0) is 18.6 Å². The first-order valence-electron chi connectivity index (χ1n) is 6.02. The predicted octanol–water partition coefficient (Wildman–Crippen LogP) is 1.54. The Bertz CT molecular complexity index is 595. The number of aromatic nitrogens is 1. The largest absolute Gasteiger partial charge is 0.481 e. The highest BCUT2D eigenvalue weighted by molar-refractivity contribution is 6.32. The van der Waals surface area contributed by atoms with Crippen molar-refractivity contribution in [2.24, 2.45) is 0 Å². The third kappa shape index (κ3) is 5.93. The van der Waals surface area contributed by atoms with Gasteiger partial charge in [-0.1, -0.05) is 11.6 Å². The van der Waals surface area contributed by atoms with E-state index in [1.165, 1.54) is 12.4 Å². The van der Waals surface area contributed by atoms with Gasteiger partial charge in [0.2, 0.25) is 0 Å². The minimum absolute atomic E-state index is 0.0462. The second-order valence-electron chi connectivity index (χ2n) is 3.91. The Hall–Kier alpha value is -2.59. The first-order valence-corrected chi connectivity index (χ1v) is 6.39. The number of carboxylic acids is 1. The van der Waals surface area contributed by atoms with Crippen LogP contribution in [0, 0.1) is 11.3 Å². The number of hydrogen-bond donors (Lipinski definition) is 3. The number of carboxylic acid groups (broad SMARTS) is 1. The van der Waals surface area contributed by atoms with Gasteiger partial charge in [0.25, 0.3) is 5.91 Å². The Kier molecular flexibility index (Phi) is 6.71. The van der Waals surface area contributed by atoms with Crippen LogP contribution in [0.3, 0.4) is 0 Å². The van der Waals surface area contributed by atoms with Crippen molar-refractivity contribution in [1.29, 1.82) is 5.26 Å². The van der Waals surface area contributed by atoms with Crippen molar-refractivity contribution in [3.63, 3.8) is 0 Å². The predicted molar refractivity (Wildman–Crippen MR) is 76.4 cm³/mol. The molecule has 0 atom stereocenters. The monoisotopic (exact) mass is 308 g/mol. The molecule has 8 heteroatoms. The Morgan fingerprint density at radius 1 is 1.52 bits per heavy atom. The van der Waals surface area contributed by atoms with E-state index in [-0.39, 0.29) is 23.7 Å². The molecule has 0 bridgehead atoms. The van der Waals surface area contributed by atoms with Crippen LogP contribution < -0.4 is 10.6 Å². The van der Waals surface area contributed by atoms with Gasteiger partial charge >= 0.3 is 5.97 Å². The van der Waals surface area contributed by atoms with E-state index in [0.29, 0.717) is 12.1 Å². The number of aliphatic carboxylic acids is 1. The second-order valence-corrected chi connectivity index (χ2v) is 4.27. The molecule has 0 aliphatic rings. The lowest BCUT2D eigenvalue weighted by Crippen LogP contribution is -2.26. The molecule has 1 aromatic heterocycles. The van der Waals surface area contributed by atoms with Gasteiger partial charge in [-0.15, -0.1) is 0 Å². The van der Waals surface area contributed by atoms with E-state index in [1.807, 2.05) is 0 Å². The summed E-state index contributed by atoms with van der Waals surface area (Å²) in [7, 11) is 0. The van der Waals surface area contributed by atoms with Crippen LogP contribution in [0.2, 0.25) is 5.15 Å². The molecule has 21 heavy (non-hydrogen) atoms. The van der Waals surface area contributed by atoms with Crippen molar-refractivity contribution < 1.29 is 14.7 Å². The van der Waals surface area contributed by atoms with Gasteiger partial charge in [-0.25, -0.2) is 4.98 Å². The summed E-state index contributed by atoms with van der Waals surface area (Å²) in [4.78, 5) is 25.8. The smallest absolute Gasteiger partial charge is 0.303 e. The molecule has 110 valence electrons. The number of carbonyl (C=O) groups is 2. The zero-order chi connectivity index (χ0) is 15.7. The van der Waals surface area contributed by atoms with E-state index in [0.717, 1.165) is 0 Å². The van der Waals surface area contributed by atoms with Gasteiger partial charge in [-0.2, -0.15) is 5.26 Å². The summed E-state index contributed by atoms with van der Waals surface area (Å²) in [5.41, 5.74) is 0.316. The van der Waals surface area contributed by atoms with Crippen molar-refractivity contribution in [2.45, 2.75) is 12.8 Å². The van der Waals surface area contributed by atoms with E-state index in [1.54, 1.807) is 18.2 Å². The van der Waals surface area contributed by atoms with E-state index in [2.05, 4.69) is 15.6 Å². The Morgan fingerprint density at radius 3 is 2.90 bits per heavy atom. The highest BCUT2D eigenvalue weighted by atomic mass is 35.5. The van der Waals surface area contributed by atoms with Gasteiger partial charge in [-0.3, -0.25) is 9.59 Å². The first kappa shape index (κ1) is 16.5. The topological polar surface area (TPSA) is 115 Å². The number of nitrogens with one attached hydrogen (secondary N) is 2. The molecule has 0 aromatic carbocycles. The van der Waals surface area contributed by atoms with E-state index in [9.17, 15) is 9.59 Å². The highest BCUT2D eigenvalue weighted by Crippen LogP contribution is 2.17. The van der Waals surface area contributed by atoms with Crippen LogP contribution in [0.5, 0.6) is 0 Å². The van der Waals surface area contributed by atoms with E-state index in [4.69, 9.17) is 22.0 Å². The maximum absolute atomic E-state index is 11.7. The third-order valence-corrected chi connectivity index (χ3v) is 2.65. The van der Waals surface area contributed by atoms with Crippen molar-refractivity contribution in [3.05, 3.63) is 35.3 Å². The molecule has 0 saturated carbocycles. The zero-order valence-corrected chi connectivity index (χ0v) is 11.7. The molecule has 0 radical (unpaired) electrons. The minimum atomic E-state index is -0.937. The molecule has 0 fully saturated rings. The molecule has 0 saturated heterocycles. The standard InChI is InChI=1S/C13H13ClN4O3/c14-12-10(3-1-5-16-12)18-8-9(7-15)13(21)17-6-2-4-11(19)20/h1,3,5,8,18H,2,4,6H2,(H,17,21)(H,19,20)/b9-8-. The number of carbonyl (C=O) groups excluding carboxylic acids is 1. The fourth-order valence-electron chi connectivity index (χ4n) is 1.33. The first-order chi connectivity index (χ1) is 10.0. The van der Waals surface area contributed by atoms with Gasteiger partial charge in [0.15, 0.2) is 5.15 Å². The molecule has 3 N–H and O–H groups in total. The average Bonchev–Trinajstić information content (AvgIpc) is 2.46. The van der Waals surface area contributed by atoms with Gasteiger partial charge in [0.05, 0.1) is 5.69 Å². The van der Waals surface area contributed by atoms with Crippen LogP contribution in [-0.2, 0) is 9.59 Å². The zero-order valence-electron chi connectivity index (χ0n) is 11.0. The Morgan fingerprint density at radius 2 is 2.29 bits per heavy atom. The number of nitrogens with zero attached hydrogens (tertiary/aromatic N) is 2. The molecule has 0 spiro atoms. The van der Waals surface area contributed by atoms with E-state index >= 15 is 0 Å². The summed E-state index contributed by atoms with van der Waals surface area (Å²) in [5, 5.41) is 22.8. The lowest BCUT2D eigenvalue weighted by atomic mass is 10.2. The molecule has 1 aromatic rings. The van der Waals surface area contributed by atoms with Crippen LogP contribution >= 0.6 is 11.6 Å². The normalized spacial score (nSPS) is 10.6. The number of halogens is 1. The molecule has 0 aliphatic heterocycles. The number of anilines is 1. The van der Waals surface area contributed by atoms with Crippen LogP contribution in [0.15, 0.2) is 30.1 Å². The summed E-state index contributed by atoms with van der Waals surface area (Å²) in [6.45, 7) is 0.178. The molecular formula is C13H13ClN4O3. The number of pyridine rings is 1. The highest BCUT2D eigenvalue weighted by Gasteiger charge is 2.09. The fraction of sp³-hybridized carbons (Fsp3) is 0.231. The van der Waals surface area contributed by atoms with Crippen LogP contribution in [-0.4, -0.2) is 28.5 Å². The third-order valence-electron chi connectivity index (χ3n) is 2.35. The average molecular weight is 309 g/mol. The van der Waals surface area contributed by atoms with Crippen LogP contribution in [0.1, 0.15) is 12.8 Å². The lowest BCUT2D eigenvalue weighted by Gasteiger charge is -2.05. The van der Waals surface area contributed by atoms with E-state index < -0.39 is 11.9 Å². The molecule has 1 rings (SSSR count). The maximum Gasteiger partial charge on any atom is 0.303 e. The molecule has 1 amide bonds. The molecule has 1 heterocycles. The summed E-state index contributed by atoms with van der Waals surface area (Å²) in [6, 6.07) is 5.05. The van der Waals surface area contributed by atoms with Crippen molar-refractivity contribution in [1.82, 2.24) is 10.3 Å². The second kappa shape index (κ2) is 8.55. The van der Waals surface area contributed by atoms with Crippen molar-refractivity contribution in [2.75, 3.05) is 11.9 Å². The molecule has 7 nitrogen and oxygen atoms in total. The summed E-state index contributed by atoms with van der Waals surface area (Å²) in [5.74, 6) is -1.52. The summed E-state index contributed by atoms with van der Waals surface area (Å²) in [6.07, 6.45) is 2.98. The molecular weight excluding hydrogens is 296 g/mol. The summed E-state index contributed by atoms with van der Waals surface area (Å²) >= 11 is 5.82. The van der Waals surface area contributed by atoms with Crippen LogP contribution in [0.4, 0.5) is 5.69 Å². The Balaban J connectivity index is 2.55. The minimum Gasteiger partial charge on any atom is -0.481 e. The van der Waals surface area contributed by atoms with Gasteiger partial charge < -0.3 is 15.7 Å². The van der Waals surface area contributed by atoms with Gasteiger partial charge in [0, 0.05) is 25.4 Å². The Labute approximate surface area is 126 Å². The molecule has 0 aliphatic carbocycles. The van der Waals surface area contributed by atoms with Crippen molar-refractivity contribution >= 4 is 29.2 Å². The van der Waals surface area contributed by atoms with Gasteiger partial charge in [0.1, 0.15) is 11.6 Å². The SMILES string of the molecule is N#C/C(=C/Nc1cccnc1Cl)C(=O)NCCCC(=O)O.